The fourth-order valence-corrected chi connectivity index (χ4v) is 4.13. The zero-order valence-electron chi connectivity index (χ0n) is 12.8. The van der Waals surface area contributed by atoms with Gasteiger partial charge in [0.2, 0.25) is 5.91 Å². The lowest BCUT2D eigenvalue weighted by molar-refractivity contribution is -0.137. The number of H-pyrrole nitrogens is 1. The van der Waals surface area contributed by atoms with Crippen LogP contribution in [-0.4, -0.2) is 27.3 Å². The molecule has 128 valence electrons. The maximum Gasteiger partial charge on any atom is 0.416 e. The summed E-state index contributed by atoms with van der Waals surface area (Å²) in [5, 5.41) is 20.7. The standard InChI is InChI=1S/C16H16F3N3O2/c1-7(23)21-14-9-4-15(24,5-10(9)14)12-2-8(16(17,18)19)3-13-11(12)6-20-22-13/h2-3,6,9-10,14,24H,4-5H2,1H3,(H,20,22)(H,21,23)/t9-,10+,14?,15+. The third-order valence-corrected chi connectivity index (χ3v) is 5.24. The first-order chi connectivity index (χ1) is 11.2. The van der Waals surface area contributed by atoms with Crippen molar-refractivity contribution in [1.82, 2.24) is 15.5 Å². The van der Waals surface area contributed by atoms with Gasteiger partial charge in [0.25, 0.3) is 0 Å². The Balaban J connectivity index is 1.70. The van der Waals surface area contributed by atoms with Crippen molar-refractivity contribution in [3.05, 3.63) is 29.5 Å². The third kappa shape index (κ3) is 2.28. The van der Waals surface area contributed by atoms with E-state index in [0.29, 0.717) is 18.2 Å². The van der Waals surface area contributed by atoms with Gasteiger partial charge in [-0.25, -0.2) is 0 Å². The van der Waals surface area contributed by atoms with Crippen molar-refractivity contribution in [3.63, 3.8) is 0 Å². The van der Waals surface area contributed by atoms with Gasteiger partial charge < -0.3 is 10.4 Å². The molecule has 0 bridgehead atoms. The average Bonchev–Trinajstić information content (AvgIpc) is 2.89. The van der Waals surface area contributed by atoms with Crippen LogP contribution in [0, 0.1) is 11.8 Å². The maximum absolute atomic E-state index is 13.1. The Hall–Kier alpha value is -2.09. The van der Waals surface area contributed by atoms with Crippen molar-refractivity contribution in [1.29, 1.82) is 0 Å². The zero-order valence-corrected chi connectivity index (χ0v) is 12.8. The topological polar surface area (TPSA) is 78.0 Å². The highest BCUT2D eigenvalue weighted by Crippen LogP contribution is 2.60. The molecule has 2 aromatic rings. The summed E-state index contributed by atoms with van der Waals surface area (Å²) in [6, 6.07) is 2.05. The summed E-state index contributed by atoms with van der Waals surface area (Å²) in [6.07, 6.45) is -2.38. The Bertz CT molecular complexity index is 818. The molecule has 2 saturated carbocycles. The molecule has 4 atom stereocenters. The largest absolute Gasteiger partial charge is 0.416 e. The lowest BCUT2D eigenvalue weighted by atomic mass is 9.85. The maximum atomic E-state index is 13.1. The summed E-state index contributed by atoms with van der Waals surface area (Å²) in [5.41, 5.74) is -1.61. The van der Waals surface area contributed by atoms with Gasteiger partial charge in [0.1, 0.15) is 0 Å². The van der Waals surface area contributed by atoms with Gasteiger partial charge in [-0.15, -0.1) is 0 Å². The van der Waals surface area contributed by atoms with E-state index >= 15 is 0 Å². The van der Waals surface area contributed by atoms with Gasteiger partial charge in [0.15, 0.2) is 0 Å². The van der Waals surface area contributed by atoms with Crippen LogP contribution in [0.2, 0.25) is 0 Å². The molecule has 1 aromatic carbocycles. The van der Waals surface area contributed by atoms with Crippen molar-refractivity contribution in [3.8, 4) is 0 Å². The zero-order chi connectivity index (χ0) is 17.3. The molecule has 1 heterocycles. The number of hydrogen-bond acceptors (Lipinski definition) is 3. The Morgan fingerprint density at radius 1 is 1.38 bits per heavy atom. The Labute approximate surface area is 135 Å². The van der Waals surface area contributed by atoms with E-state index in [1.807, 2.05) is 0 Å². The lowest BCUT2D eigenvalue weighted by Gasteiger charge is -2.28. The number of halogens is 3. The highest BCUT2D eigenvalue weighted by Gasteiger charge is 2.62. The van der Waals surface area contributed by atoms with Gasteiger partial charge in [-0.2, -0.15) is 18.3 Å². The number of rotatable bonds is 2. The second kappa shape index (κ2) is 4.72. The molecular formula is C16H16F3N3O2. The van der Waals surface area contributed by atoms with Gasteiger partial charge in [0.05, 0.1) is 22.9 Å². The molecule has 4 rings (SSSR count). The second-order valence-corrected chi connectivity index (χ2v) is 6.85. The normalized spacial score (nSPS) is 32.0. The smallest absolute Gasteiger partial charge is 0.385 e. The van der Waals surface area contributed by atoms with Crippen molar-refractivity contribution in [2.24, 2.45) is 11.8 Å². The van der Waals surface area contributed by atoms with E-state index in [4.69, 9.17) is 0 Å². The molecular weight excluding hydrogens is 323 g/mol. The SMILES string of the molecule is CC(=O)NC1[C@H]2C[C@](O)(c3cc(C(F)(F)F)cc4[nH]ncc34)C[C@@H]12. The van der Waals surface area contributed by atoms with E-state index in [2.05, 4.69) is 15.5 Å². The molecule has 3 N–H and O–H groups in total. The second-order valence-electron chi connectivity index (χ2n) is 6.85. The summed E-state index contributed by atoms with van der Waals surface area (Å²) in [7, 11) is 0. The van der Waals surface area contributed by atoms with Crippen molar-refractivity contribution in [2.45, 2.75) is 37.6 Å². The quantitative estimate of drug-likeness (QED) is 0.786. The Morgan fingerprint density at radius 2 is 2.04 bits per heavy atom. The molecule has 0 spiro atoms. The molecule has 2 aliphatic carbocycles. The molecule has 0 saturated heterocycles. The number of nitrogens with one attached hydrogen (secondary N) is 2. The van der Waals surface area contributed by atoms with Gasteiger partial charge in [-0.1, -0.05) is 0 Å². The lowest BCUT2D eigenvalue weighted by Crippen LogP contribution is -2.32. The minimum Gasteiger partial charge on any atom is -0.385 e. The highest BCUT2D eigenvalue weighted by molar-refractivity contribution is 5.83. The fourth-order valence-electron chi connectivity index (χ4n) is 4.13. The molecule has 2 aliphatic rings. The van der Waals surface area contributed by atoms with Crippen LogP contribution in [0.5, 0.6) is 0 Å². The summed E-state index contributed by atoms with van der Waals surface area (Å²) >= 11 is 0. The number of aliphatic hydroxyl groups is 1. The number of amides is 1. The molecule has 1 aromatic heterocycles. The summed E-state index contributed by atoms with van der Waals surface area (Å²) in [4.78, 5) is 11.1. The predicted octanol–water partition coefficient (Wildman–Crippen LogP) is 2.31. The Morgan fingerprint density at radius 3 is 2.62 bits per heavy atom. The van der Waals surface area contributed by atoms with E-state index in [0.717, 1.165) is 12.1 Å². The van der Waals surface area contributed by atoms with E-state index < -0.39 is 17.3 Å². The van der Waals surface area contributed by atoms with Crippen LogP contribution in [-0.2, 0) is 16.6 Å². The van der Waals surface area contributed by atoms with Gasteiger partial charge >= 0.3 is 6.18 Å². The minimum atomic E-state index is -4.50. The fraction of sp³-hybridized carbons (Fsp3) is 0.500. The number of nitrogens with zero attached hydrogens (tertiary/aromatic N) is 1. The number of carbonyl (C=O) groups is 1. The van der Waals surface area contributed by atoms with Crippen LogP contribution in [0.4, 0.5) is 13.2 Å². The number of alkyl halides is 3. The predicted molar refractivity (Wildman–Crippen MR) is 78.8 cm³/mol. The first-order valence-electron chi connectivity index (χ1n) is 7.73. The van der Waals surface area contributed by atoms with E-state index in [9.17, 15) is 23.1 Å². The monoisotopic (exact) mass is 339 g/mol. The third-order valence-electron chi connectivity index (χ3n) is 5.24. The summed E-state index contributed by atoms with van der Waals surface area (Å²) < 4.78 is 39.4. The summed E-state index contributed by atoms with van der Waals surface area (Å²) in [5.74, 6) is 0.0834. The first-order valence-corrected chi connectivity index (χ1v) is 7.73. The van der Waals surface area contributed by atoms with Crippen LogP contribution in [0.3, 0.4) is 0 Å². The molecule has 2 fully saturated rings. The molecule has 0 aliphatic heterocycles. The van der Waals surface area contributed by atoms with Gasteiger partial charge in [-0.3, -0.25) is 9.89 Å². The van der Waals surface area contributed by atoms with E-state index in [1.165, 1.54) is 13.1 Å². The molecule has 1 unspecified atom stereocenters. The van der Waals surface area contributed by atoms with Crippen LogP contribution >= 0.6 is 0 Å². The van der Waals surface area contributed by atoms with Crippen LogP contribution in [0.1, 0.15) is 30.9 Å². The Kier molecular flexibility index (Phi) is 3.04. The van der Waals surface area contributed by atoms with Crippen molar-refractivity contribution < 1.29 is 23.1 Å². The van der Waals surface area contributed by atoms with E-state index in [-0.39, 0.29) is 34.9 Å². The van der Waals surface area contributed by atoms with Crippen LogP contribution in [0.15, 0.2) is 18.3 Å². The number of aromatic nitrogens is 2. The minimum absolute atomic E-state index is 0.0217. The van der Waals surface area contributed by atoms with Crippen LogP contribution < -0.4 is 5.32 Å². The number of aromatic amines is 1. The highest BCUT2D eigenvalue weighted by atomic mass is 19.4. The molecule has 0 radical (unpaired) electrons. The number of fused-ring (bicyclic) bond motifs is 2. The number of carbonyl (C=O) groups excluding carboxylic acids is 1. The van der Waals surface area contributed by atoms with Gasteiger partial charge in [0, 0.05) is 18.4 Å². The molecule has 1 amide bonds. The first kappa shape index (κ1) is 15.4. The number of hydrogen-bond donors (Lipinski definition) is 3. The molecule has 5 nitrogen and oxygen atoms in total. The van der Waals surface area contributed by atoms with E-state index in [1.54, 1.807) is 0 Å². The van der Waals surface area contributed by atoms with Gasteiger partial charge in [-0.05, 0) is 42.4 Å². The van der Waals surface area contributed by atoms with Crippen LogP contribution in [0.25, 0.3) is 10.9 Å². The number of benzene rings is 1. The molecule has 8 heteroatoms. The summed E-state index contributed by atoms with van der Waals surface area (Å²) in [6.45, 7) is 1.43. The average molecular weight is 339 g/mol. The van der Waals surface area contributed by atoms with Crippen molar-refractivity contribution >= 4 is 16.8 Å². The van der Waals surface area contributed by atoms with Crippen molar-refractivity contribution in [2.75, 3.05) is 0 Å². The molecule has 24 heavy (non-hydrogen) atoms.